The minimum Gasteiger partial charge on any atom is -0.494 e. The summed E-state index contributed by atoms with van der Waals surface area (Å²) in [4.78, 5) is 53.6. The summed E-state index contributed by atoms with van der Waals surface area (Å²) < 4.78 is 75.0. The normalized spacial score (nSPS) is 14.1. The Balaban J connectivity index is 0. The van der Waals surface area contributed by atoms with E-state index in [1.165, 1.54) is 51.7 Å². The van der Waals surface area contributed by atoms with Crippen molar-refractivity contribution in [1.82, 2.24) is 4.90 Å². The van der Waals surface area contributed by atoms with Crippen LogP contribution in [-0.4, -0.2) is 103 Å². The number of carbonyl (C=O) groups is 5. The highest BCUT2D eigenvalue weighted by Gasteiger charge is 2.39. The summed E-state index contributed by atoms with van der Waals surface area (Å²) in [6.07, 6.45) is 1.47. The molecule has 4 aromatic carbocycles. The Morgan fingerprint density at radius 2 is 1.01 bits per heavy atom. The molecule has 6 rings (SSSR count). The van der Waals surface area contributed by atoms with Crippen molar-refractivity contribution in [1.29, 1.82) is 0 Å². The van der Waals surface area contributed by atoms with Gasteiger partial charge < -0.3 is 41.8 Å². The first-order valence-electron chi connectivity index (χ1n) is 26.7. The van der Waals surface area contributed by atoms with Gasteiger partial charge in [-0.25, -0.2) is 9.59 Å². The lowest BCUT2D eigenvalue weighted by atomic mass is 9.72. The number of hydrogen-bond donors (Lipinski definition) is 5. The molecule has 0 saturated heterocycles. The zero-order valence-corrected chi connectivity index (χ0v) is 50.2. The number of Topliss-reactive ketones (excluding diaryl/α,β-unsaturated/α-hetero) is 1. The van der Waals surface area contributed by atoms with E-state index in [2.05, 4.69) is 84.2 Å². The molecule has 0 aromatic heterocycles. The van der Waals surface area contributed by atoms with Crippen molar-refractivity contribution in [3.63, 3.8) is 0 Å². The van der Waals surface area contributed by atoms with Crippen LogP contribution < -0.4 is 26.7 Å². The van der Waals surface area contributed by atoms with Crippen molar-refractivity contribution in [3.05, 3.63) is 107 Å². The van der Waals surface area contributed by atoms with Gasteiger partial charge in [0, 0.05) is 30.5 Å². The van der Waals surface area contributed by atoms with E-state index in [-0.39, 0.29) is 7.43 Å². The third-order valence-corrected chi connectivity index (χ3v) is 13.2. The van der Waals surface area contributed by atoms with Gasteiger partial charge >= 0.3 is 24.3 Å². The third-order valence-electron chi connectivity index (χ3n) is 13.2. The fourth-order valence-corrected chi connectivity index (χ4v) is 8.14. The second kappa shape index (κ2) is 39.5. The lowest BCUT2D eigenvalue weighted by Crippen LogP contribution is -2.21. The number of aryl methyl sites for hydroxylation is 2. The van der Waals surface area contributed by atoms with Gasteiger partial charge in [-0.1, -0.05) is 104 Å². The molecule has 460 valence electrons. The van der Waals surface area contributed by atoms with Crippen LogP contribution in [0.2, 0.25) is 0 Å². The fourth-order valence-electron chi connectivity index (χ4n) is 8.14. The maximum Gasteiger partial charge on any atom is 0.490 e. The van der Waals surface area contributed by atoms with Crippen LogP contribution in [0, 0.1) is 30.6 Å². The molecule has 2 fully saturated rings. The molecule has 2 aliphatic carbocycles. The van der Waals surface area contributed by atoms with Crippen LogP contribution in [0.15, 0.2) is 84.9 Å². The summed E-state index contributed by atoms with van der Waals surface area (Å²) in [5, 5.41) is 14.2. The van der Waals surface area contributed by atoms with Crippen LogP contribution in [-0.2, 0) is 26.2 Å². The Bertz CT molecular complexity index is 2530. The highest BCUT2D eigenvalue weighted by molar-refractivity contribution is 7.96. The number of amides is 2. The van der Waals surface area contributed by atoms with Crippen molar-refractivity contribution in [2.24, 2.45) is 33.9 Å². The Hall–Kier alpha value is -5.95. The monoisotopic (exact) mass is 1200 g/mol. The molecule has 0 atom stereocenters. The molecular weight excluding hydrogens is 1110 g/mol. The van der Waals surface area contributed by atoms with Crippen molar-refractivity contribution in [3.8, 4) is 33.8 Å². The van der Waals surface area contributed by atoms with Gasteiger partial charge in [0.25, 0.3) is 0 Å². The standard InChI is InChI=1S/C25H33NO2.C16H18N2O2.C8H14O.C6H15N.2C2HF3O2.CH3PS.CH4/c1-18-16-22(28-15-5-6-19-11-13-25(2,3)14-12-19)9-10-23(18)20-7-4-8-21(17-20)24(26)27;1-11-9-14(20-8-7-17)5-6-15(11)12-3-2-4-13(10-12)16(18)19;1-8(2)5-3-7(9)4-6-8;1-4-7(5-2)6-3;2*3-2(4,5)1(6)7;1-2-3;/h4,7-10,16-17,19H,5-6,11-15H2,1-3H3,(H2,26,27);2-6,9-10H,7-8,17H2,1H3,(H2,18,19);3-6H2,1-2H3;4-6H2,1-3H3;2*(H,6,7);1H3;1H4. The summed E-state index contributed by atoms with van der Waals surface area (Å²) in [6, 6.07) is 26.7. The molecule has 4 aromatic rings. The van der Waals surface area contributed by atoms with Crippen LogP contribution >= 0.6 is 7.36 Å². The first kappa shape index (κ1) is 78.1. The predicted molar refractivity (Wildman–Crippen MR) is 320 cm³/mol. The molecule has 2 amide bonds. The van der Waals surface area contributed by atoms with E-state index in [0.717, 1.165) is 96.9 Å². The van der Waals surface area contributed by atoms with Crippen LogP contribution in [0.25, 0.3) is 22.3 Å². The molecule has 2 aliphatic rings. The number of benzene rings is 4. The Kier molecular flexibility index (Phi) is 37.6. The maximum atomic E-state index is 11.4. The molecule has 0 spiro atoms. The van der Waals surface area contributed by atoms with Crippen molar-refractivity contribution >= 4 is 48.7 Å². The Labute approximate surface area is 488 Å². The number of ether oxygens (including phenoxy) is 2. The van der Waals surface area contributed by atoms with Gasteiger partial charge in [0.15, 0.2) is 0 Å². The summed E-state index contributed by atoms with van der Waals surface area (Å²) in [6.45, 7) is 27.1. The van der Waals surface area contributed by atoms with E-state index < -0.39 is 36.1 Å². The van der Waals surface area contributed by atoms with E-state index >= 15 is 0 Å². The number of primary amides is 2. The topological polar surface area (TPSA) is 226 Å². The molecule has 0 aliphatic heterocycles. The lowest BCUT2D eigenvalue weighted by molar-refractivity contribution is -0.193. The number of carboxylic acid groups (broad SMARTS) is 2. The number of nitrogens with two attached hydrogens (primary N) is 3. The molecular formula is C61H89F6N4O9PS. The number of ketones is 1. The summed E-state index contributed by atoms with van der Waals surface area (Å²) in [5.41, 5.74) is 24.4. The number of alkyl halides is 6. The Morgan fingerprint density at radius 1 is 0.659 bits per heavy atom. The summed E-state index contributed by atoms with van der Waals surface area (Å²) >= 11 is 4.37. The number of halogens is 6. The number of rotatable bonds is 15. The second-order valence-electron chi connectivity index (χ2n) is 20.7. The second-order valence-corrected chi connectivity index (χ2v) is 22.2. The van der Waals surface area contributed by atoms with Gasteiger partial charge in [-0.3, -0.25) is 14.4 Å². The molecule has 0 radical (unpaired) electrons. The molecule has 13 nitrogen and oxygen atoms in total. The van der Waals surface area contributed by atoms with E-state index in [1.54, 1.807) is 18.2 Å². The van der Waals surface area contributed by atoms with Crippen LogP contribution in [0.3, 0.4) is 0 Å². The minimum absolute atomic E-state index is 0. The largest absolute Gasteiger partial charge is 0.494 e. The zero-order chi connectivity index (χ0) is 62.1. The van der Waals surface area contributed by atoms with Crippen LogP contribution in [0.4, 0.5) is 26.3 Å². The molecule has 21 heteroatoms. The molecule has 2 saturated carbocycles. The highest BCUT2D eigenvalue weighted by Crippen LogP contribution is 2.40. The number of carbonyl (C=O) groups excluding carboxylic acids is 3. The average Bonchev–Trinajstić information content (AvgIpc) is 3.39. The molecule has 0 heterocycles. The number of hydrogen-bond acceptors (Lipinski definition) is 10. The molecule has 0 unspecified atom stereocenters. The maximum absolute atomic E-state index is 11.4. The lowest BCUT2D eigenvalue weighted by Gasteiger charge is -2.34. The van der Waals surface area contributed by atoms with Gasteiger partial charge in [-0.15, -0.1) is 0 Å². The van der Waals surface area contributed by atoms with E-state index in [9.17, 15) is 40.7 Å². The first-order valence-corrected chi connectivity index (χ1v) is 29.1. The van der Waals surface area contributed by atoms with Gasteiger partial charge in [-0.05, 0) is 198 Å². The van der Waals surface area contributed by atoms with Gasteiger partial charge in [-0.2, -0.15) is 26.3 Å². The summed E-state index contributed by atoms with van der Waals surface area (Å²) in [7, 11) is 1.00. The number of nitrogens with zero attached hydrogens (tertiary/aromatic N) is 1. The van der Waals surface area contributed by atoms with Gasteiger partial charge in [0.1, 0.15) is 23.9 Å². The van der Waals surface area contributed by atoms with Crippen molar-refractivity contribution in [2.75, 3.05) is 46.1 Å². The quantitative estimate of drug-likeness (QED) is 0.0426. The zero-order valence-electron chi connectivity index (χ0n) is 48.5. The molecule has 8 N–H and O–H groups in total. The van der Waals surface area contributed by atoms with Crippen molar-refractivity contribution < 1.29 is 70.0 Å². The van der Waals surface area contributed by atoms with E-state index in [4.69, 9.17) is 46.5 Å². The SMILES string of the molecule is C.CC1(C)CCC(=O)CC1.CCN(CC)CC.CP=S.Cc1cc(OCCCC2CCC(C)(C)CC2)ccc1-c1cccc(C(N)=O)c1.Cc1cc(OCCN)ccc1-c1cccc(C(N)=O)c1.O=C(O)C(F)(F)F.O=C(O)C(F)(F)F. The fraction of sp³-hybridized carbons (Fsp3) is 0.525. The number of aliphatic carboxylic acids is 2. The van der Waals surface area contributed by atoms with Crippen LogP contribution in [0.5, 0.6) is 11.5 Å². The first-order chi connectivity index (χ1) is 37.7. The van der Waals surface area contributed by atoms with Gasteiger partial charge in [0.2, 0.25) is 11.8 Å². The number of carboxylic acids is 2. The van der Waals surface area contributed by atoms with Crippen LogP contribution in [0.1, 0.15) is 152 Å². The average molecular weight is 1200 g/mol. The summed E-state index contributed by atoms with van der Waals surface area (Å²) in [5.74, 6) is -3.30. The smallest absolute Gasteiger partial charge is 0.490 e. The van der Waals surface area contributed by atoms with Crippen molar-refractivity contribution in [2.45, 2.75) is 146 Å². The molecule has 82 heavy (non-hydrogen) atoms. The molecule has 0 bridgehead atoms. The van der Waals surface area contributed by atoms with Gasteiger partial charge in [0.05, 0.1) is 6.61 Å². The van der Waals surface area contributed by atoms with E-state index in [1.807, 2.05) is 68.2 Å². The third kappa shape index (κ3) is 33.2. The van der Waals surface area contributed by atoms with E-state index in [0.29, 0.717) is 40.9 Å². The minimum atomic E-state index is -5.08. The Morgan fingerprint density at radius 3 is 1.30 bits per heavy atom. The highest BCUT2D eigenvalue weighted by atomic mass is 32.4. The predicted octanol–water partition coefficient (Wildman–Crippen LogP) is 14.7.